The summed E-state index contributed by atoms with van der Waals surface area (Å²) in [4.78, 5) is 12.6. The second kappa shape index (κ2) is 5.64. The van der Waals surface area contributed by atoms with E-state index in [2.05, 4.69) is 20.3 Å². The summed E-state index contributed by atoms with van der Waals surface area (Å²) in [5.74, 6) is 0.961. The first-order valence-electron chi connectivity index (χ1n) is 5.53. The van der Waals surface area contributed by atoms with Crippen LogP contribution in [0.3, 0.4) is 0 Å². The van der Waals surface area contributed by atoms with Crippen molar-refractivity contribution in [1.29, 1.82) is 0 Å². The minimum atomic E-state index is 0.260. The molecule has 0 aliphatic carbocycles. The smallest absolute Gasteiger partial charge is 0.321 e. The van der Waals surface area contributed by atoms with E-state index in [4.69, 9.17) is 16.3 Å². The average Bonchev–Trinajstić information content (AvgIpc) is 2.39. The maximum atomic E-state index is 6.12. The van der Waals surface area contributed by atoms with Crippen molar-refractivity contribution in [2.24, 2.45) is 0 Å². The van der Waals surface area contributed by atoms with Crippen molar-refractivity contribution < 1.29 is 4.74 Å². The van der Waals surface area contributed by atoms with Crippen LogP contribution in [0.25, 0.3) is 11.4 Å². The monoisotopic (exact) mass is 264 g/mol. The number of nitrogens with one attached hydrogen (secondary N) is 1. The van der Waals surface area contributed by atoms with Crippen LogP contribution in [0.1, 0.15) is 6.92 Å². The van der Waals surface area contributed by atoms with Gasteiger partial charge >= 0.3 is 6.01 Å². The molecule has 0 radical (unpaired) electrons. The van der Waals surface area contributed by atoms with E-state index in [1.165, 1.54) is 7.11 Å². The standard InChI is InChI=1S/C12H13ClN4O/c1-3-14-11-15-10(16-12(17-11)18-2)8-6-4-5-7-9(8)13/h4-7H,3H2,1-2H3,(H,14,15,16,17). The zero-order chi connectivity index (χ0) is 13.0. The van der Waals surface area contributed by atoms with Gasteiger partial charge in [-0.2, -0.15) is 15.0 Å². The predicted octanol–water partition coefficient (Wildman–Crippen LogP) is 2.63. The molecule has 0 saturated carbocycles. The Bertz CT molecular complexity index is 547. The summed E-state index contributed by atoms with van der Waals surface area (Å²) < 4.78 is 5.06. The van der Waals surface area contributed by atoms with Crippen LogP contribution in [0, 0.1) is 0 Å². The molecule has 94 valence electrons. The molecule has 1 aromatic carbocycles. The summed E-state index contributed by atoms with van der Waals surface area (Å²) in [6, 6.07) is 7.64. The first-order valence-corrected chi connectivity index (χ1v) is 5.91. The lowest BCUT2D eigenvalue weighted by Gasteiger charge is -2.07. The van der Waals surface area contributed by atoms with E-state index < -0.39 is 0 Å². The van der Waals surface area contributed by atoms with Gasteiger partial charge < -0.3 is 10.1 Å². The predicted molar refractivity (Wildman–Crippen MR) is 71.0 cm³/mol. The Hall–Kier alpha value is -1.88. The lowest BCUT2D eigenvalue weighted by Crippen LogP contribution is -2.06. The highest BCUT2D eigenvalue weighted by atomic mass is 35.5. The fraction of sp³-hybridized carbons (Fsp3) is 0.250. The van der Waals surface area contributed by atoms with E-state index in [1.807, 2.05) is 25.1 Å². The van der Waals surface area contributed by atoms with Gasteiger partial charge in [-0.25, -0.2) is 0 Å². The van der Waals surface area contributed by atoms with Gasteiger partial charge in [-0.15, -0.1) is 0 Å². The Kier molecular flexibility index (Phi) is 3.94. The molecule has 0 unspecified atom stereocenters. The largest absolute Gasteiger partial charge is 0.467 e. The fourth-order valence-corrected chi connectivity index (χ4v) is 1.67. The number of anilines is 1. The van der Waals surface area contributed by atoms with Crippen molar-refractivity contribution in [3.05, 3.63) is 29.3 Å². The van der Waals surface area contributed by atoms with Crippen molar-refractivity contribution in [3.63, 3.8) is 0 Å². The molecule has 0 aliphatic heterocycles. The highest BCUT2D eigenvalue weighted by Crippen LogP contribution is 2.26. The molecule has 0 aliphatic rings. The van der Waals surface area contributed by atoms with Gasteiger partial charge in [0.1, 0.15) is 0 Å². The van der Waals surface area contributed by atoms with Crippen molar-refractivity contribution in [1.82, 2.24) is 15.0 Å². The lowest BCUT2D eigenvalue weighted by molar-refractivity contribution is 0.379. The van der Waals surface area contributed by atoms with Crippen LogP contribution in [0.15, 0.2) is 24.3 Å². The third-order valence-corrected chi connectivity index (χ3v) is 2.58. The molecule has 0 saturated heterocycles. The third kappa shape index (κ3) is 2.68. The topological polar surface area (TPSA) is 59.9 Å². The van der Waals surface area contributed by atoms with Gasteiger partial charge in [0, 0.05) is 12.1 Å². The van der Waals surface area contributed by atoms with Crippen LogP contribution in [-0.2, 0) is 0 Å². The molecule has 5 nitrogen and oxygen atoms in total. The molecular weight excluding hydrogens is 252 g/mol. The third-order valence-electron chi connectivity index (χ3n) is 2.25. The van der Waals surface area contributed by atoms with Gasteiger partial charge in [-0.1, -0.05) is 23.7 Å². The van der Waals surface area contributed by atoms with Crippen LogP contribution in [0.5, 0.6) is 6.01 Å². The zero-order valence-corrected chi connectivity index (χ0v) is 10.9. The quantitative estimate of drug-likeness (QED) is 0.920. The van der Waals surface area contributed by atoms with E-state index in [0.717, 1.165) is 12.1 Å². The molecule has 6 heteroatoms. The van der Waals surface area contributed by atoms with E-state index >= 15 is 0 Å². The summed E-state index contributed by atoms with van der Waals surface area (Å²) in [5.41, 5.74) is 0.749. The van der Waals surface area contributed by atoms with E-state index in [-0.39, 0.29) is 6.01 Å². The SMILES string of the molecule is CCNc1nc(OC)nc(-c2ccccc2Cl)n1. The number of rotatable bonds is 4. The van der Waals surface area contributed by atoms with Crippen LogP contribution >= 0.6 is 11.6 Å². The number of hydrogen-bond acceptors (Lipinski definition) is 5. The first-order chi connectivity index (χ1) is 8.74. The minimum Gasteiger partial charge on any atom is -0.467 e. The molecule has 0 spiro atoms. The second-order valence-electron chi connectivity index (χ2n) is 3.48. The average molecular weight is 265 g/mol. The fourth-order valence-electron chi connectivity index (χ4n) is 1.45. The van der Waals surface area contributed by atoms with Crippen molar-refractivity contribution in [2.45, 2.75) is 6.92 Å². The molecule has 1 aromatic heterocycles. The number of halogens is 1. The summed E-state index contributed by atoms with van der Waals surface area (Å²) in [6.45, 7) is 2.68. The maximum absolute atomic E-state index is 6.12. The van der Waals surface area contributed by atoms with Crippen LogP contribution in [-0.4, -0.2) is 28.6 Å². The normalized spacial score (nSPS) is 10.2. The van der Waals surface area contributed by atoms with Gasteiger partial charge in [0.05, 0.1) is 12.1 Å². The van der Waals surface area contributed by atoms with Crippen molar-refractivity contribution in [2.75, 3.05) is 19.0 Å². The van der Waals surface area contributed by atoms with Gasteiger partial charge in [0.15, 0.2) is 5.82 Å². The number of methoxy groups -OCH3 is 1. The van der Waals surface area contributed by atoms with Gasteiger partial charge in [0.25, 0.3) is 0 Å². The summed E-state index contributed by atoms with van der Waals surface area (Å²) in [6.07, 6.45) is 0. The van der Waals surface area contributed by atoms with E-state index in [9.17, 15) is 0 Å². The molecule has 18 heavy (non-hydrogen) atoms. The second-order valence-corrected chi connectivity index (χ2v) is 3.89. The molecule has 1 N–H and O–H groups in total. The van der Waals surface area contributed by atoms with Gasteiger partial charge in [-0.05, 0) is 19.1 Å². The highest BCUT2D eigenvalue weighted by Gasteiger charge is 2.10. The number of benzene rings is 1. The highest BCUT2D eigenvalue weighted by molar-refractivity contribution is 6.33. The van der Waals surface area contributed by atoms with Crippen LogP contribution < -0.4 is 10.1 Å². The Labute approximate surface area is 110 Å². The summed E-state index contributed by atoms with van der Waals surface area (Å²) >= 11 is 6.12. The Balaban J connectivity index is 2.50. The number of nitrogens with zero attached hydrogens (tertiary/aromatic N) is 3. The zero-order valence-electron chi connectivity index (χ0n) is 10.1. The van der Waals surface area contributed by atoms with Crippen molar-refractivity contribution in [3.8, 4) is 17.4 Å². The molecule has 0 amide bonds. The molecule has 0 bridgehead atoms. The molecule has 2 rings (SSSR count). The lowest BCUT2D eigenvalue weighted by atomic mass is 10.2. The molecular formula is C12H13ClN4O. The Morgan fingerprint density at radius 1 is 1.22 bits per heavy atom. The van der Waals surface area contributed by atoms with Gasteiger partial charge in [0.2, 0.25) is 5.95 Å². The summed E-state index contributed by atoms with van der Waals surface area (Å²) in [5, 5.41) is 3.62. The van der Waals surface area contributed by atoms with Crippen LogP contribution in [0.4, 0.5) is 5.95 Å². The Morgan fingerprint density at radius 2 is 2.00 bits per heavy atom. The summed E-state index contributed by atoms with van der Waals surface area (Å²) in [7, 11) is 1.52. The Morgan fingerprint density at radius 3 is 2.67 bits per heavy atom. The molecule has 1 heterocycles. The minimum absolute atomic E-state index is 0.260. The van der Waals surface area contributed by atoms with E-state index in [1.54, 1.807) is 6.07 Å². The first kappa shape index (κ1) is 12.6. The number of hydrogen-bond donors (Lipinski definition) is 1. The number of aromatic nitrogens is 3. The molecule has 2 aromatic rings. The molecule has 0 fully saturated rings. The molecule has 0 atom stereocenters. The van der Waals surface area contributed by atoms with Crippen molar-refractivity contribution >= 4 is 17.5 Å². The maximum Gasteiger partial charge on any atom is 0.321 e. The van der Waals surface area contributed by atoms with E-state index in [0.29, 0.717) is 16.8 Å². The van der Waals surface area contributed by atoms with Gasteiger partial charge in [-0.3, -0.25) is 0 Å². The number of ether oxygens (including phenoxy) is 1. The van der Waals surface area contributed by atoms with Crippen LogP contribution in [0.2, 0.25) is 5.02 Å².